The van der Waals surface area contributed by atoms with Crippen LogP contribution in [0, 0.1) is 0 Å². The van der Waals surface area contributed by atoms with Gasteiger partial charge in [0.05, 0.1) is 8.95 Å². The van der Waals surface area contributed by atoms with Crippen molar-refractivity contribution in [2.24, 2.45) is 0 Å². The Morgan fingerprint density at radius 2 is 1.89 bits per heavy atom. The minimum Gasteiger partial charge on any atom is -0.481 e. The minimum absolute atomic E-state index is 0.238. The van der Waals surface area contributed by atoms with Crippen molar-refractivity contribution in [3.05, 3.63) is 27.1 Å². The molecule has 98 valence electrons. The molecule has 0 atom stereocenters. The van der Waals surface area contributed by atoms with Crippen LogP contribution in [0.4, 0.5) is 4.79 Å². The van der Waals surface area contributed by atoms with Crippen LogP contribution in [0.1, 0.15) is 6.92 Å². The van der Waals surface area contributed by atoms with Gasteiger partial charge in [-0.05, 0) is 50.9 Å². The lowest BCUT2D eigenvalue weighted by Crippen LogP contribution is -2.41. The highest BCUT2D eigenvalue weighted by atomic mass is 79.9. The van der Waals surface area contributed by atoms with Gasteiger partial charge in [-0.3, -0.25) is 10.1 Å². The Hall–Kier alpha value is -1.08. The summed E-state index contributed by atoms with van der Waals surface area (Å²) in [7, 11) is 0. The SMILES string of the molecule is CCNC(=O)NC(=O)COc1c(Br)cccc1Br. The molecule has 0 spiro atoms. The number of carbonyl (C=O) groups excluding carboxylic acids is 2. The lowest BCUT2D eigenvalue weighted by Gasteiger charge is -2.10. The molecule has 7 heteroatoms. The van der Waals surface area contributed by atoms with Gasteiger partial charge in [-0.15, -0.1) is 0 Å². The molecule has 2 N–H and O–H groups in total. The monoisotopic (exact) mass is 378 g/mol. The van der Waals surface area contributed by atoms with Gasteiger partial charge in [0.1, 0.15) is 5.75 Å². The number of hydrogen-bond acceptors (Lipinski definition) is 3. The van der Waals surface area contributed by atoms with E-state index in [9.17, 15) is 9.59 Å². The Morgan fingerprint density at radius 1 is 1.28 bits per heavy atom. The number of urea groups is 1. The molecular weight excluding hydrogens is 368 g/mol. The van der Waals surface area contributed by atoms with Crippen LogP contribution in [0.3, 0.4) is 0 Å². The second-order valence-electron chi connectivity index (χ2n) is 3.25. The smallest absolute Gasteiger partial charge is 0.321 e. The van der Waals surface area contributed by atoms with E-state index in [0.29, 0.717) is 12.3 Å². The molecule has 3 amide bonds. The van der Waals surface area contributed by atoms with Gasteiger partial charge in [0, 0.05) is 6.54 Å². The zero-order valence-corrected chi connectivity index (χ0v) is 12.8. The molecule has 0 unspecified atom stereocenters. The van der Waals surface area contributed by atoms with E-state index in [1.165, 1.54) is 0 Å². The summed E-state index contributed by atoms with van der Waals surface area (Å²) >= 11 is 6.61. The number of nitrogens with one attached hydrogen (secondary N) is 2. The summed E-state index contributed by atoms with van der Waals surface area (Å²) in [6.45, 7) is 1.98. The van der Waals surface area contributed by atoms with Crippen LogP contribution in [-0.2, 0) is 4.79 Å². The normalized spacial score (nSPS) is 9.72. The number of halogens is 2. The van der Waals surface area contributed by atoms with Crippen molar-refractivity contribution < 1.29 is 14.3 Å². The molecule has 1 rings (SSSR count). The Balaban J connectivity index is 2.50. The summed E-state index contributed by atoms with van der Waals surface area (Å²) in [5.74, 6) is 0.00662. The van der Waals surface area contributed by atoms with Crippen LogP contribution < -0.4 is 15.4 Å². The summed E-state index contributed by atoms with van der Waals surface area (Å²) in [6.07, 6.45) is 0. The van der Waals surface area contributed by atoms with Crippen molar-refractivity contribution in [1.82, 2.24) is 10.6 Å². The standard InChI is InChI=1S/C11H12Br2N2O3/c1-2-14-11(17)15-9(16)6-18-10-7(12)4-3-5-8(10)13/h3-5H,2,6H2,1H3,(H2,14,15,16,17). The third-order valence-electron chi connectivity index (χ3n) is 1.86. The molecule has 0 fully saturated rings. The molecule has 0 aliphatic carbocycles. The van der Waals surface area contributed by atoms with Crippen LogP contribution in [0.2, 0.25) is 0 Å². The number of benzene rings is 1. The van der Waals surface area contributed by atoms with Gasteiger partial charge in [-0.2, -0.15) is 0 Å². The summed E-state index contributed by atoms with van der Waals surface area (Å²) in [6, 6.07) is 4.89. The van der Waals surface area contributed by atoms with E-state index < -0.39 is 11.9 Å². The number of imide groups is 1. The number of hydrogen-bond donors (Lipinski definition) is 2. The average molecular weight is 380 g/mol. The molecule has 18 heavy (non-hydrogen) atoms. The second-order valence-corrected chi connectivity index (χ2v) is 4.96. The Labute approximate surface area is 122 Å². The molecule has 1 aromatic rings. The summed E-state index contributed by atoms with van der Waals surface area (Å²) in [4.78, 5) is 22.5. The number of para-hydroxylation sites is 1. The Bertz CT molecular complexity index is 432. The van der Waals surface area contributed by atoms with Crippen LogP contribution in [0.25, 0.3) is 0 Å². The van der Waals surface area contributed by atoms with Gasteiger partial charge in [0.15, 0.2) is 6.61 Å². The molecule has 0 heterocycles. The van der Waals surface area contributed by atoms with E-state index in [0.717, 1.165) is 8.95 Å². The molecule has 0 radical (unpaired) electrons. The maximum atomic E-state index is 11.4. The zero-order chi connectivity index (χ0) is 13.5. The molecule has 0 saturated heterocycles. The van der Waals surface area contributed by atoms with Gasteiger partial charge in [0.2, 0.25) is 0 Å². The maximum absolute atomic E-state index is 11.4. The fraction of sp³-hybridized carbons (Fsp3) is 0.273. The van der Waals surface area contributed by atoms with Crippen molar-refractivity contribution in [2.45, 2.75) is 6.92 Å². The van der Waals surface area contributed by atoms with Gasteiger partial charge in [0.25, 0.3) is 5.91 Å². The summed E-state index contributed by atoms with van der Waals surface area (Å²) in [5.41, 5.74) is 0. The quantitative estimate of drug-likeness (QED) is 0.844. The predicted octanol–water partition coefficient (Wildman–Crippen LogP) is 2.44. The fourth-order valence-electron chi connectivity index (χ4n) is 1.13. The second kappa shape index (κ2) is 7.38. The van der Waals surface area contributed by atoms with Crippen molar-refractivity contribution in [2.75, 3.05) is 13.2 Å². The highest BCUT2D eigenvalue weighted by Gasteiger charge is 2.10. The number of carbonyl (C=O) groups is 2. The number of ether oxygens (including phenoxy) is 1. The highest BCUT2D eigenvalue weighted by molar-refractivity contribution is 9.11. The molecule has 0 saturated carbocycles. The first-order chi connectivity index (χ1) is 8.54. The zero-order valence-electron chi connectivity index (χ0n) is 9.63. The molecule has 0 aliphatic heterocycles. The van der Waals surface area contributed by atoms with Gasteiger partial charge < -0.3 is 10.1 Å². The van der Waals surface area contributed by atoms with E-state index in [2.05, 4.69) is 42.5 Å². The van der Waals surface area contributed by atoms with E-state index in [1.54, 1.807) is 19.1 Å². The topological polar surface area (TPSA) is 67.4 Å². The maximum Gasteiger partial charge on any atom is 0.321 e. The van der Waals surface area contributed by atoms with Crippen LogP contribution in [0.5, 0.6) is 5.75 Å². The first-order valence-corrected chi connectivity index (χ1v) is 6.77. The lowest BCUT2D eigenvalue weighted by molar-refractivity contribution is -0.122. The molecule has 0 bridgehead atoms. The van der Waals surface area contributed by atoms with Crippen LogP contribution in [-0.4, -0.2) is 25.1 Å². The third-order valence-corrected chi connectivity index (χ3v) is 3.11. The summed E-state index contributed by atoms with van der Waals surface area (Å²) in [5, 5.41) is 4.60. The molecule has 0 aromatic heterocycles. The van der Waals surface area contributed by atoms with Crippen molar-refractivity contribution >= 4 is 43.8 Å². The first kappa shape index (κ1) is 15.0. The highest BCUT2D eigenvalue weighted by Crippen LogP contribution is 2.32. The largest absolute Gasteiger partial charge is 0.481 e. The third kappa shape index (κ3) is 4.66. The first-order valence-electron chi connectivity index (χ1n) is 5.19. The van der Waals surface area contributed by atoms with E-state index in [4.69, 9.17) is 4.74 Å². The fourth-order valence-corrected chi connectivity index (χ4v) is 2.35. The Kier molecular flexibility index (Phi) is 6.14. The van der Waals surface area contributed by atoms with Crippen molar-refractivity contribution in [3.8, 4) is 5.75 Å². The van der Waals surface area contributed by atoms with Gasteiger partial charge >= 0.3 is 6.03 Å². The molecule has 0 aliphatic rings. The summed E-state index contributed by atoms with van der Waals surface area (Å²) < 4.78 is 6.77. The number of amides is 3. The molecule has 5 nitrogen and oxygen atoms in total. The van der Waals surface area contributed by atoms with E-state index in [-0.39, 0.29) is 6.61 Å². The van der Waals surface area contributed by atoms with Crippen molar-refractivity contribution in [3.63, 3.8) is 0 Å². The molecular formula is C11H12Br2N2O3. The van der Waals surface area contributed by atoms with Crippen LogP contribution >= 0.6 is 31.9 Å². The average Bonchev–Trinajstić information content (AvgIpc) is 2.28. The predicted molar refractivity (Wildman–Crippen MR) is 74.6 cm³/mol. The van der Waals surface area contributed by atoms with Gasteiger partial charge in [-0.1, -0.05) is 6.07 Å². The molecule has 1 aromatic carbocycles. The lowest BCUT2D eigenvalue weighted by atomic mass is 10.3. The van der Waals surface area contributed by atoms with Crippen LogP contribution in [0.15, 0.2) is 27.1 Å². The Morgan fingerprint density at radius 3 is 2.44 bits per heavy atom. The van der Waals surface area contributed by atoms with E-state index in [1.807, 2.05) is 6.07 Å². The van der Waals surface area contributed by atoms with Crippen molar-refractivity contribution in [1.29, 1.82) is 0 Å². The number of rotatable bonds is 4. The minimum atomic E-state index is -0.530. The van der Waals surface area contributed by atoms with Gasteiger partial charge in [-0.25, -0.2) is 4.79 Å². The van der Waals surface area contributed by atoms with E-state index >= 15 is 0 Å².